The molecular formula is C11H16N4O. The molecule has 86 valence electrons. The normalized spacial score (nSPS) is 11.0. The van der Waals surface area contributed by atoms with Gasteiger partial charge in [-0.1, -0.05) is 19.0 Å². The van der Waals surface area contributed by atoms with Crippen molar-refractivity contribution in [2.45, 2.75) is 26.3 Å². The Bertz CT molecular complexity index is 458. The molecule has 5 nitrogen and oxygen atoms in total. The summed E-state index contributed by atoms with van der Waals surface area (Å²) in [5.74, 6) is 2.03. The first kappa shape index (κ1) is 10.7. The highest BCUT2D eigenvalue weighted by molar-refractivity contribution is 5.35. The van der Waals surface area contributed by atoms with Crippen molar-refractivity contribution in [3.05, 3.63) is 29.8 Å². The molecule has 0 spiro atoms. The van der Waals surface area contributed by atoms with E-state index in [9.17, 15) is 0 Å². The van der Waals surface area contributed by atoms with Crippen molar-refractivity contribution in [2.75, 3.05) is 5.32 Å². The quantitative estimate of drug-likeness (QED) is 0.857. The Morgan fingerprint density at radius 1 is 1.50 bits per heavy atom. The lowest BCUT2D eigenvalue weighted by atomic mass is 10.2. The predicted molar refractivity (Wildman–Crippen MR) is 61.1 cm³/mol. The third-order valence-electron chi connectivity index (χ3n) is 2.33. The molecule has 2 rings (SSSR count). The van der Waals surface area contributed by atoms with Gasteiger partial charge in [0.1, 0.15) is 5.76 Å². The number of nitrogens with one attached hydrogen (secondary N) is 1. The van der Waals surface area contributed by atoms with E-state index in [0.717, 1.165) is 17.1 Å². The van der Waals surface area contributed by atoms with E-state index >= 15 is 0 Å². The molecule has 0 aromatic carbocycles. The Labute approximate surface area is 94.4 Å². The molecule has 16 heavy (non-hydrogen) atoms. The Kier molecular flexibility index (Phi) is 2.94. The van der Waals surface area contributed by atoms with E-state index < -0.39 is 0 Å². The first-order valence-corrected chi connectivity index (χ1v) is 5.33. The van der Waals surface area contributed by atoms with Crippen LogP contribution in [-0.4, -0.2) is 14.9 Å². The van der Waals surface area contributed by atoms with Crippen LogP contribution in [0.1, 0.15) is 31.1 Å². The van der Waals surface area contributed by atoms with Gasteiger partial charge in [-0.05, 0) is 0 Å². The lowest BCUT2D eigenvalue weighted by Crippen LogP contribution is -1.98. The molecule has 0 fully saturated rings. The summed E-state index contributed by atoms with van der Waals surface area (Å²) >= 11 is 0. The summed E-state index contributed by atoms with van der Waals surface area (Å²) in [5, 5.41) is 11.2. The van der Waals surface area contributed by atoms with Crippen LogP contribution in [0.2, 0.25) is 0 Å². The van der Waals surface area contributed by atoms with E-state index in [2.05, 4.69) is 29.4 Å². The molecule has 0 aliphatic rings. The van der Waals surface area contributed by atoms with Crippen LogP contribution < -0.4 is 5.32 Å². The lowest BCUT2D eigenvalue weighted by Gasteiger charge is -1.97. The van der Waals surface area contributed by atoms with Crippen molar-refractivity contribution >= 4 is 5.82 Å². The van der Waals surface area contributed by atoms with Crippen LogP contribution in [0.25, 0.3) is 0 Å². The lowest BCUT2D eigenvalue weighted by molar-refractivity contribution is 0.373. The molecule has 0 amide bonds. The number of hydrogen-bond donors (Lipinski definition) is 1. The molecule has 1 N–H and O–H groups in total. The molecule has 0 bridgehead atoms. The van der Waals surface area contributed by atoms with Gasteiger partial charge in [0.05, 0.1) is 6.20 Å². The summed E-state index contributed by atoms with van der Waals surface area (Å²) in [6, 6.07) is 1.93. The molecule has 0 atom stereocenters. The minimum Gasteiger partial charge on any atom is -0.363 e. The Balaban J connectivity index is 1.94. The van der Waals surface area contributed by atoms with Crippen LogP contribution in [0.5, 0.6) is 0 Å². The molecule has 0 aliphatic heterocycles. The highest BCUT2D eigenvalue weighted by atomic mass is 16.5. The molecule has 5 heteroatoms. The summed E-state index contributed by atoms with van der Waals surface area (Å²) in [7, 11) is 1.90. The molecule has 0 aliphatic carbocycles. The van der Waals surface area contributed by atoms with Gasteiger partial charge in [0, 0.05) is 37.3 Å². The smallest absolute Gasteiger partial charge is 0.169 e. The second-order valence-corrected chi connectivity index (χ2v) is 4.15. The fourth-order valence-electron chi connectivity index (χ4n) is 1.40. The van der Waals surface area contributed by atoms with Crippen LogP contribution in [-0.2, 0) is 13.6 Å². The van der Waals surface area contributed by atoms with Gasteiger partial charge in [-0.15, -0.1) is 0 Å². The zero-order chi connectivity index (χ0) is 11.5. The average Bonchev–Trinajstić information content (AvgIpc) is 2.83. The largest absolute Gasteiger partial charge is 0.363 e. The van der Waals surface area contributed by atoms with Gasteiger partial charge >= 0.3 is 0 Å². The average molecular weight is 220 g/mol. The summed E-state index contributed by atoms with van der Waals surface area (Å²) in [5.41, 5.74) is 1.12. The Morgan fingerprint density at radius 3 is 2.88 bits per heavy atom. The van der Waals surface area contributed by atoms with Gasteiger partial charge in [-0.3, -0.25) is 4.68 Å². The zero-order valence-electron chi connectivity index (χ0n) is 9.77. The van der Waals surface area contributed by atoms with E-state index in [1.165, 1.54) is 0 Å². The molecule has 2 aromatic heterocycles. The highest BCUT2D eigenvalue weighted by Gasteiger charge is 2.07. The van der Waals surface area contributed by atoms with Crippen LogP contribution >= 0.6 is 0 Å². The van der Waals surface area contributed by atoms with E-state index in [1.54, 1.807) is 4.68 Å². The van der Waals surface area contributed by atoms with Crippen LogP contribution in [0, 0.1) is 0 Å². The van der Waals surface area contributed by atoms with Crippen molar-refractivity contribution in [1.29, 1.82) is 0 Å². The van der Waals surface area contributed by atoms with Crippen molar-refractivity contribution in [1.82, 2.24) is 14.9 Å². The maximum absolute atomic E-state index is 5.19. The van der Waals surface area contributed by atoms with Gasteiger partial charge in [0.25, 0.3) is 0 Å². The monoisotopic (exact) mass is 220 g/mol. The maximum atomic E-state index is 5.19. The molecule has 2 aromatic rings. The summed E-state index contributed by atoms with van der Waals surface area (Å²) in [6.45, 7) is 4.86. The molecule has 0 radical (unpaired) electrons. The standard InChI is InChI=1S/C11H16N4O/c1-8(2)10-4-11(14-16-10)12-5-9-6-13-15(3)7-9/h4,6-8H,5H2,1-3H3,(H,12,14). The van der Waals surface area contributed by atoms with Crippen molar-refractivity contribution in [2.24, 2.45) is 7.05 Å². The summed E-state index contributed by atoms with van der Waals surface area (Å²) in [6.07, 6.45) is 3.80. The van der Waals surface area contributed by atoms with Gasteiger partial charge in [-0.2, -0.15) is 5.10 Å². The topological polar surface area (TPSA) is 55.9 Å². The third kappa shape index (κ3) is 2.42. The number of aromatic nitrogens is 3. The van der Waals surface area contributed by atoms with E-state index in [0.29, 0.717) is 12.5 Å². The predicted octanol–water partition coefficient (Wildman–Crippen LogP) is 2.14. The number of anilines is 1. The second-order valence-electron chi connectivity index (χ2n) is 4.15. The molecule has 0 saturated heterocycles. The van der Waals surface area contributed by atoms with Crippen molar-refractivity contribution < 1.29 is 4.52 Å². The van der Waals surface area contributed by atoms with Gasteiger partial charge < -0.3 is 9.84 Å². The van der Waals surface area contributed by atoms with E-state index in [4.69, 9.17) is 4.52 Å². The van der Waals surface area contributed by atoms with Gasteiger partial charge in [-0.25, -0.2) is 0 Å². The van der Waals surface area contributed by atoms with Crippen molar-refractivity contribution in [3.63, 3.8) is 0 Å². The van der Waals surface area contributed by atoms with E-state index in [-0.39, 0.29) is 0 Å². The van der Waals surface area contributed by atoms with Gasteiger partial charge in [0.15, 0.2) is 5.82 Å². The van der Waals surface area contributed by atoms with Crippen molar-refractivity contribution in [3.8, 4) is 0 Å². The fraction of sp³-hybridized carbons (Fsp3) is 0.455. The maximum Gasteiger partial charge on any atom is 0.169 e. The fourth-order valence-corrected chi connectivity index (χ4v) is 1.40. The number of hydrogen-bond acceptors (Lipinski definition) is 4. The van der Waals surface area contributed by atoms with Gasteiger partial charge in [0.2, 0.25) is 0 Å². The molecule has 0 unspecified atom stereocenters. The first-order chi connectivity index (χ1) is 7.65. The first-order valence-electron chi connectivity index (χ1n) is 5.33. The number of aryl methyl sites for hydroxylation is 1. The Hall–Kier alpha value is -1.78. The Morgan fingerprint density at radius 2 is 2.31 bits per heavy atom. The molecular weight excluding hydrogens is 204 g/mol. The molecule has 2 heterocycles. The minimum atomic E-state index is 0.362. The molecule has 0 saturated carbocycles. The SMILES string of the molecule is CC(C)c1cc(NCc2cnn(C)c2)no1. The number of rotatable bonds is 4. The number of nitrogens with zero attached hydrogens (tertiary/aromatic N) is 3. The van der Waals surface area contributed by atoms with Crippen LogP contribution in [0.3, 0.4) is 0 Å². The zero-order valence-corrected chi connectivity index (χ0v) is 9.77. The minimum absolute atomic E-state index is 0.362. The third-order valence-corrected chi connectivity index (χ3v) is 2.33. The summed E-state index contributed by atoms with van der Waals surface area (Å²) < 4.78 is 6.96. The summed E-state index contributed by atoms with van der Waals surface area (Å²) in [4.78, 5) is 0. The van der Waals surface area contributed by atoms with E-state index in [1.807, 2.05) is 25.5 Å². The highest BCUT2D eigenvalue weighted by Crippen LogP contribution is 2.18. The van der Waals surface area contributed by atoms with Crippen LogP contribution in [0.4, 0.5) is 5.82 Å². The van der Waals surface area contributed by atoms with Crippen LogP contribution in [0.15, 0.2) is 23.0 Å². The second kappa shape index (κ2) is 4.38.